The highest BCUT2D eigenvalue weighted by atomic mass is 16.5. The first kappa shape index (κ1) is 23.5. The van der Waals surface area contributed by atoms with Crippen LogP contribution in [0.5, 0.6) is 11.6 Å². The largest absolute Gasteiger partial charge is 0.491 e. The predicted octanol–water partition coefficient (Wildman–Crippen LogP) is 3.10. The molecule has 36 heavy (non-hydrogen) atoms. The molecule has 0 radical (unpaired) electrons. The molecule has 0 aromatic carbocycles. The molecule has 0 unspecified atom stereocenters. The summed E-state index contributed by atoms with van der Waals surface area (Å²) in [7, 11) is 3.10. The number of anilines is 2. The molecule has 1 fully saturated rings. The molecular weight excluding hydrogens is 462 g/mol. The number of methoxy groups -OCH3 is 2. The highest BCUT2D eigenvalue weighted by Crippen LogP contribution is 2.29. The summed E-state index contributed by atoms with van der Waals surface area (Å²) in [5, 5.41) is 10.6. The molecule has 11 nitrogen and oxygen atoms in total. The van der Waals surface area contributed by atoms with E-state index >= 15 is 0 Å². The number of pyridine rings is 2. The van der Waals surface area contributed by atoms with Crippen LogP contribution in [0.2, 0.25) is 0 Å². The highest BCUT2D eigenvalue weighted by molar-refractivity contribution is 5.92. The maximum absolute atomic E-state index is 12.4. The zero-order chi connectivity index (χ0) is 24.9. The fourth-order valence-corrected chi connectivity index (χ4v) is 3.59. The minimum absolute atomic E-state index is 0.251. The lowest BCUT2D eigenvalue weighted by molar-refractivity contribution is 0.0902. The third-order valence-electron chi connectivity index (χ3n) is 5.67. The van der Waals surface area contributed by atoms with E-state index in [1.165, 1.54) is 20.0 Å². The standard InChI is InChI=1S/C25H27N7O4/c1-34-20-12-17(13-27-25(20)35-2)18-8-9-23-30-22(14-32(23)31-18)29-21-5-3-4-19(28-21)24(33)26-10-11-36-15-16-6-7-16/h3-5,8-9,12-14,16H,6-7,10-11,15H2,1-2H3,(H,26,33)(H,28,29). The number of hydrogen-bond acceptors (Lipinski definition) is 9. The summed E-state index contributed by atoms with van der Waals surface area (Å²) < 4.78 is 17.8. The van der Waals surface area contributed by atoms with Gasteiger partial charge in [0.1, 0.15) is 11.5 Å². The number of imidazole rings is 1. The molecule has 0 saturated heterocycles. The number of rotatable bonds is 11. The number of fused-ring (bicyclic) bond motifs is 1. The van der Waals surface area contributed by atoms with Crippen LogP contribution in [0.1, 0.15) is 23.3 Å². The summed E-state index contributed by atoms with van der Waals surface area (Å²) in [5.74, 6) is 2.42. The maximum Gasteiger partial charge on any atom is 0.270 e. The van der Waals surface area contributed by atoms with Crippen LogP contribution in [-0.4, -0.2) is 64.5 Å². The molecule has 11 heteroatoms. The third kappa shape index (κ3) is 5.52. The molecule has 4 aromatic heterocycles. The van der Waals surface area contributed by atoms with E-state index in [1.54, 1.807) is 42.2 Å². The summed E-state index contributed by atoms with van der Waals surface area (Å²) >= 11 is 0. The number of amides is 1. The monoisotopic (exact) mass is 489 g/mol. The summed E-state index contributed by atoms with van der Waals surface area (Å²) in [6.45, 7) is 1.71. The number of ether oxygens (including phenoxy) is 3. The van der Waals surface area contributed by atoms with Crippen molar-refractivity contribution in [1.82, 2.24) is 29.9 Å². The van der Waals surface area contributed by atoms with Gasteiger partial charge in [-0.25, -0.2) is 19.5 Å². The molecular formula is C25H27N7O4. The Morgan fingerprint density at radius 3 is 2.81 bits per heavy atom. The van der Waals surface area contributed by atoms with E-state index < -0.39 is 0 Å². The summed E-state index contributed by atoms with van der Waals surface area (Å²) in [6.07, 6.45) is 5.91. The van der Waals surface area contributed by atoms with Crippen LogP contribution in [0.4, 0.5) is 11.6 Å². The van der Waals surface area contributed by atoms with Crippen molar-refractivity contribution in [3.8, 4) is 22.9 Å². The second-order valence-electron chi connectivity index (χ2n) is 8.39. The van der Waals surface area contributed by atoms with Crippen LogP contribution in [0.15, 0.2) is 48.8 Å². The van der Waals surface area contributed by atoms with Crippen LogP contribution in [0, 0.1) is 5.92 Å². The van der Waals surface area contributed by atoms with E-state index in [1.807, 2.05) is 18.2 Å². The molecule has 1 amide bonds. The maximum atomic E-state index is 12.4. The van der Waals surface area contributed by atoms with Gasteiger partial charge in [0.15, 0.2) is 17.2 Å². The Morgan fingerprint density at radius 2 is 2.00 bits per heavy atom. The van der Waals surface area contributed by atoms with Crippen molar-refractivity contribution in [3.63, 3.8) is 0 Å². The first-order chi connectivity index (χ1) is 17.6. The molecule has 186 valence electrons. The van der Waals surface area contributed by atoms with Gasteiger partial charge in [0, 0.05) is 24.9 Å². The normalized spacial score (nSPS) is 12.9. The van der Waals surface area contributed by atoms with E-state index in [2.05, 4.69) is 30.7 Å². The van der Waals surface area contributed by atoms with Gasteiger partial charge in [-0.3, -0.25) is 4.79 Å². The van der Waals surface area contributed by atoms with Gasteiger partial charge < -0.3 is 24.8 Å². The zero-order valence-electron chi connectivity index (χ0n) is 20.1. The second kappa shape index (κ2) is 10.6. The summed E-state index contributed by atoms with van der Waals surface area (Å²) in [4.78, 5) is 25.7. The van der Waals surface area contributed by atoms with Gasteiger partial charge in [0.2, 0.25) is 0 Å². The first-order valence-corrected chi connectivity index (χ1v) is 11.7. The van der Waals surface area contributed by atoms with Crippen LogP contribution >= 0.6 is 0 Å². The van der Waals surface area contributed by atoms with Crippen molar-refractivity contribution < 1.29 is 19.0 Å². The van der Waals surface area contributed by atoms with E-state index in [0.717, 1.165) is 12.2 Å². The number of nitrogens with one attached hydrogen (secondary N) is 2. The molecule has 1 saturated carbocycles. The van der Waals surface area contributed by atoms with E-state index in [-0.39, 0.29) is 5.91 Å². The Morgan fingerprint density at radius 1 is 1.11 bits per heavy atom. The smallest absolute Gasteiger partial charge is 0.270 e. The number of carbonyl (C=O) groups excluding carboxylic acids is 1. The van der Waals surface area contributed by atoms with Crippen molar-refractivity contribution in [2.45, 2.75) is 12.8 Å². The SMILES string of the molecule is COc1cc(-c2ccc3nc(Nc4cccc(C(=O)NCCOCC5CC5)n4)cn3n2)cnc1OC. The molecule has 0 atom stereocenters. The Hall–Kier alpha value is -4.25. The van der Waals surface area contributed by atoms with Crippen LogP contribution in [0.25, 0.3) is 16.9 Å². The summed E-state index contributed by atoms with van der Waals surface area (Å²) in [6, 6.07) is 10.7. The van der Waals surface area contributed by atoms with Gasteiger partial charge in [-0.15, -0.1) is 0 Å². The average molecular weight is 490 g/mol. The Labute approximate surface area is 207 Å². The first-order valence-electron chi connectivity index (χ1n) is 11.7. The molecule has 1 aliphatic rings. The van der Waals surface area contributed by atoms with Crippen molar-refractivity contribution in [2.75, 3.05) is 39.3 Å². The highest BCUT2D eigenvalue weighted by Gasteiger charge is 2.21. The van der Waals surface area contributed by atoms with Crippen LogP contribution < -0.4 is 20.1 Å². The van der Waals surface area contributed by atoms with Crippen molar-refractivity contribution in [1.29, 1.82) is 0 Å². The van der Waals surface area contributed by atoms with Gasteiger partial charge >= 0.3 is 0 Å². The quantitative estimate of drug-likeness (QED) is 0.306. The van der Waals surface area contributed by atoms with Gasteiger partial charge in [-0.1, -0.05) is 6.07 Å². The Balaban J connectivity index is 1.25. The second-order valence-corrected chi connectivity index (χ2v) is 8.39. The lowest BCUT2D eigenvalue weighted by Crippen LogP contribution is -2.28. The molecule has 1 aliphatic carbocycles. The lowest BCUT2D eigenvalue weighted by atomic mass is 10.2. The summed E-state index contributed by atoms with van der Waals surface area (Å²) in [5.41, 5.74) is 2.43. The van der Waals surface area contributed by atoms with Crippen molar-refractivity contribution >= 4 is 23.2 Å². The minimum atomic E-state index is -0.251. The molecule has 0 bridgehead atoms. The number of aromatic nitrogens is 5. The fraction of sp³-hybridized carbons (Fsp3) is 0.320. The van der Waals surface area contributed by atoms with Crippen LogP contribution in [-0.2, 0) is 4.74 Å². The van der Waals surface area contributed by atoms with Gasteiger partial charge in [-0.05, 0) is 49.1 Å². The van der Waals surface area contributed by atoms with E-state index in [4.69, 9.17) is 14.2 Å². The van der Waals surface area contributed by atoms with Gasteiger partial charge in [-0.2, -0.15) is 5.10 Å². The number of hydrogen-bond donors (Lipinski definition) is 2. The third-order valence-corrected chi connectivity index (χ3v) is 5.67. The van der Waals surface area contributed by atoms with E-state index in [9.17, 15) is 4.79 Å². The Bertz CT molecular complexity index is 1370. The van der Waals surface area contributed by atoms with Gasteiger partial charge in [0.05, 0.1) is 32.7 Å². The van der Waals surface area contributed by atoms with E-state index in [0.29, 0.717) is 59.4 Å². The van der Waals surface area contributed by atoms with Crippen molar-refractivity contribution in [3.05, 3.63) is 54.5 Å². The molecule has 2 N–H and O–H groups in total. The minimum Gasteiger partial charge on any atom is -0.491 e. The van der Waals surface area contributed by atoms with Gasteiger partial charge in [0.25, 0.3) is 11.8 Å². The number of carbonyl (C=O) groups is 1. The molecule has 4 heterocycles. The molecule has 0 aliphatic heterocycles. The topological polar surface area (TPSA) is 125 Å². The molecule has 4 aromatic rings. The molecule has 5 rings (SSSR count). The predicted molar refractivity (Wildman–Crippen MR) is 133 cm³/mol. The van der Waals surface area contributed by atoms with Crippen molar-refractivity contribution in [2.24, 2.45) is 5.92 Å². The van der Waals surface area contributed by atoms with Crippen LogP contribution in [0.3, 0.4) is 0 Å². The lowest BCUT2D eigenvalue weighted by Gasteiger charge is -2.08. The Kier molecular flexibility index (Phi) is 6.89. The molecule has 0 spiro atoms. The fourth-order valence-electron chi connectivity index (χ4n) is 3.59. The zero-order valence-corrected chi connectivity index (χ0v) is 20.1. The average Bonchev–Trinajstić information content (AvgIpc) is 3.65. The number of nitrogens with zero attached hydrogens (tertiary/aromatic N) is 5.